The number of likely N-dealkylation sites (tertiary alicyclic amines) is 1. The SMILES string of the molecule is C[C@]12CC[C@H]3[C@@H](CC[C@H]4N(C(=O)c5ccccn5)CC[C@]34C)[C@@H]1CC[C@@H]2OC(=O)c1ccccc1. The third-order valence-electron chi connectivity index (χ3n) is 10.4. The Kier molecular flexibility index (Phi) is 5.50. The van der Waals surface area contributed by atoms with Crippen LogP contribution in [0.5, 0.6) is 0 Å². The van der Waals surface area contributed by atoms with Gasteiger partial charge in [-0.25, -0.2) is 4.79 Å². The Morgan fingerprint density at radius 1 is 0.886 bits per heavy atom. The first kappa shape index (κ1) is 22.8. The summed E-state index contributed by atoms with van der Waals surface area (Å²) < 4.78 is 6.16. The predicted molar refractivity (Wildman–Crippen MR) is 134 cm³/mol. The molecule has 0 spiro atoms. The second-order valence-corrected chi connectivity index (χ2v) is 11.8. The number of carbonyl (C=O) groups is 2. The van der Waals surface area contributed by atoms with Crippen molar-refractivity contribution in [3.05, 3.63) is 66.0 Å². The molecular formula is C30H36N2O3. The number of aromatic nitrogens is 1. The maximum Gasteiger partial charge on any atom is 0.338 e. The lowest BCUT2D eigenvalue weighted by molar-refractivity contribution is -0.0988. The van der Waals surface area contributed by atoms with Crippen LogP contribution in [0.15, 0.2) is 54.7 Å². The van der Waals surface area contributed by atoms with Gasteiger partial charge in [0.05, 0.1) is 5.56 Å². The number of hydrogen-bond donors (Lipinski definition) is 0. The van der Waals surface area contributed by atoms with Crippen molar-refractivity contribution >= 4 is 11.9 Å². The summed E-state index contributed by atoms with van der Waals surface area (Å²) in [6.45, 7) is 5.66. The van der Waals surface area contributed by atoms with E-state index in [0.717, 1.165) is 51.5 Å². The Hall–Kier alpha value is -2.69. The Morgan fingerprint density at radius 3 is 2.43 bits per heavy atom. The highest BCUT2D eigenvalue weighted by Gasteiger charge is 2.62. The minimum atomic E-state index is -0.185. The van der Waals surface area contributed by atoms with Crippen LogP contribution in [-0.4, -0.2) is 40.5 Å². The van der Waals surface area contributed by atoms with Gasteiger partial charge in [0, 0.05) is 24.2 Å². The van der Waals surface area contributed by atoms with E-state index >= 15 is 0 Å². The highest BCUT2D eigenvalue weighted by atomic mass is 16.5. The molecule has 2 heterocycles. The molecule has 4 fully saturated rings. The Morgan fingerprint density at radius 2 is 1.66 bits per heavy atom. The summed E-state index contributed by atoms with van der Waals surface area (Å²) >= 11 is 0. The van der Waals surface area contributed by atoms with Crippen LogP contribution < -0.4 is 0 Å². The lowest BCUT2D eigenvalue weighted by atomic mass is 9.49. The molecule has 0 N–H and O–H groups in total. The van der Waals surface area contributed by atoms with E-state index in [1.165, 1.54) is 0 Å². The first-order chi connectivity index (χ1) is 16.9. The molecular weight excluding hydrogens is 436 g/mol. The summed E-state index contributed by atoms with van der Waals surface area (Å²) in [5.41, 5.74) is 1.42. The molecule has 0 unspecified atom stereocenters. The number of carbonyl (C=O) groups excluding carboxylic acids is 2. The molecule has 3 aliphatic carbocycles. The van der Waals surface area contributed by atoms with E-state index in [4.69, 9.17) is 4.74 Å². The third-order valence-corrected chi connectivity index (χ3v) is 10.4. The van der Waals surface area contributed by atoms with Crippen LogP contribution in [0.1, 0.15) is 79.6 Å². The van der Waals surface area contributed by atoms with Crippen LogP contribution in [0.25, 0.3) is 0 Å². The number of amides is 1. The Labute approximate surface area is 208 Å². The molecule has 0 radical (unpaired) electrons. The molecule has 7 atom stereocenters. The second-order valence-electron chi connectivity index (χ2n) is 11.8. The molecule has 5 nitrogen and oxygen atoms in total. The number of esters is 1. The van der Waals surface area contributed by atoms with Crippen molar-refractivity contribution < 1.29 is 14.3 Å². The van der Waals surface area contributed by atoms with Gasteiger partial charge in [0.1, 0.15) is 11.8 Å². The number of ether oxygens (including phenoxy) is 1. The molecule has 0 bridgehead atoms. The zero-order chi connectivity index (χ0) is 24.2. The van der Waals surface area contributed by atoms with Gasteiger partial charge in [-0.3, -0.25) is 9.78 Å². The van der Waals surface area contributed by atoms with E-state index in [-0.39, 0.29) is 28.8 Å². The van der Waals surface area contributed by atoms with Crippen LogP contribution in [0.3, 0.4) is 0 Å². The molecule has 35 heavy (non-hydrogen) atoms. The quantitative estimate of drug-likeness (QED) is 0.533. The van der Waals surface area contributed by atoms with E-state index in [0.29, 0.717) is 35.1 Å². The summed E-state index contributed by atoms with van der Waals surface area (Å²) in [5.74, 6) is 1.78. The number of pyridine rings is 1. The minimum Gasteiger partial charge on any atom is -0.458 e. The number of benzene rings is 1. The van der Waals surface area contributed by atoms with Gasteiger partial charge < -0.3 is 9.64 Å². The second kappa shape index (κ2) is 8.46. The molecule has 1 aromatic carbocycles. The van der Waals surface area contributed by atoms with Gasteiger partial charge in [-0.1, -0.05) is 38.1 Å². The fraction of sp³-hybridized carbons (Fsp3) is 0.567. The van der Waals surface area contributed by atoms with Crippen LogP contribution >= 0.6 is 0 Å². The normalized spacial score (nSPS) is 37.8. The van der Waals surface area contributed by atoms with Crippen LogP contribution in [-0.2, 0) is 4.74 Å². The smallest absolute Gasteiger partial charge is 0.338 e. The number of rotatable bonds is 3. The lowest BCUT2D eigenvalue weighted by Gasteiger charge is -2.57. The first-order valence-electron chi connectivity index (χ1n) is 13.4. The topological polar surface area (TPSA) is 59.5 Å². The minimum absolute atomic E-state index is 0.00232. The molecule has 1 aromatic heterocycles. The summed E-state index contributed by atoms with van der Waals surface area (Å²) in [6.07, 6.45) is 9.38. The molecule has 4 aliphatic rings. The number of nitrogens with zero attached hydrogens (tertiary/aromatic N) is 2. The van der Waals surface area contributed by atoms with Gasteiger partial charge in [0.15, 0.2) is 0 Å². The fourth-order valence-electron chi connectivity index (χ4n) is 8.61. The van der Waals surface area contributed by atoms with Crippen molar-refractivity contribution in [3.63, 3.8) is 0 Å². The Balaban J connectivity index is 1.19. The van der Waals surface area contributed by atoms with Crippen molar-refractivity contribution in [2.24, 2.45) is 28.6 Å². The van der Waals surface area contributed by atoms with Crippen molar-refractivity contribution in [1.82, 2.24) is 9.88 Å². The summed E-state index contributed by atoms with van der Waals surface area (Å²) in [6, 6.07) is 15.3. The van der Waals surface area contributed by atoms with Crippen LogP contribution in [0.4, 0.5) is 0 Å². The van der Waals surface area contributed by atoms with Gasteiger partial charge in [0.2, 0.25) is 0 Å². The fourth-order valence-corrected chi connectivity index (χ4v) is 8.61. The standard InChI is InChI=1S/C30H36N2O3/c1-29-17-19-32(27(33)24-10-6-7-18-31-24)25(29)13-11-21-22-12-14-26(30(22,2)16-15-23(21)29)35-28(34)20-8-4-3-5-9-20/h3-10,18,21-23,25-26H,11-17,19H2,1-2H3/t21-,22-,23-,25+,26-,29+,30-/m0/s1. The molecule has 1 saturated heterocycles. The lowest BCUT2D eigenvalue weighted by Crippen LogP contribution is -2.55. The van der Waals surface area contributed by atoms with Crippen LogP contribution in [0, 0.1) is 28.6 Å². The highest BCUT2D eigenvalue weighted by Crippen LogP contribution is 2.65. The van der Waals surface area contributed by atoms with Gasteiger partial charge >= 0.3 is 5.97 Å². The van der Waals surface area contributed by atoms with Gasteiger partial charge in [-0.05, 0) is 92.4 Å². The van der Waals surface area contributed by atoms with Gasteiger partial charge in [-0.15, -0.1) is 0 Å². The zero-order valence-corrected chi connectivity index (χ0v) is 20.9. The van der Waals surface area contributed by atoms with Crippen molar-refractivity contribution in [3.8, 4) is 0 Å². The van der Waals surface area contributed by atoms with Gasteiger partial charge in [0.25, 0.3) is 5.91 Å². The van der Waals surface area contributed by atoms with E-state index in [9.17, 15) is 9.59 Å². The molecule has 3 saturated carbocycles. The zero-order valence-electron chi connectivity index (χ0n) is 20.9. The molecule has 1 amide bonds. The van der Waals surface area contributed by atoms with E-state index in [1.54, 1.807) is 6.20 Å². The third kappa shape index (κ3) is 3.53. The largest absolute Gasteiger partial charge is 0.458 e. The average molecular weight is 473 g/mol. The van der Waals surface area contributed by atoms with E-state index in [1.807, 2.05) is 48.5 Å². The number of fused-ring (bicyclic) bond motifs is 5. The molecule has 184 valence electrons. The summed E-state index contributed by atoms with van der Waals surface area (Å²) in [7, 11) is 0. The predicted octanol–water partition coefficient (Wildman–Crippen LogP) is 5.76. The monoisotopic (exact) mass is 472 g/mol. The van der Waals surface area contributed by atoms with Crippen molar-refractivity contribution in [2.75, 3.05) is 6.54 Å². The van der Waals surface area contributed by atoms with E-state index < -0.39 is 0 Å². The number of hydrogen-bond acceptors (Lipinski definition) is 4. The van der Waals surface area contributed by atoms with Crippen LogP contribution in [0.2, 0.25) is 0 Å². The van der Waals surface area contributed by atoms with Gasteiger partial charge in [-0.2, -0.15) is 0 Å². The molecule has 1 aliphatic heterocycles. The van der Waals surface area contributed by atoms with E-state index in [2.05, 4.69) is 23.7 Å². The summed E-state index contributed by atoms with van der Waals surface area (Å²) in [4.78, 5) is 32.6. The molecule has 2 aromatic rings. The molecule has 5 heteroatoms. The average Bonchev–Trinajstić information content (AvgIpc) is 3.41. The maximum absolute atomic E-state index is 13.3. The Bertz CT molecular complexity index is 1110. The first-order valence-corrected chi connectivity index (χ1v) is 13.4. The molecule has 6 rings (SSSR count). The highest BCUT2D eigenvalue weighted by molar-refractivity contribution is 5.92. The maximum atomic E-state index is 13.3. The van der Waals surface area contributed by atoms with Crippen molar-refractivity contribution in [1.29, 1.82) is 0 Å². The summed E-state index contributed by atoms with van der Waals surface area (Å²) in [5, 5.41) is 0. The van der Waals surface area contributed by atoms with Crippen molar-refractivity contribution in [2.45, 2.75) is 70.9 Å².